The van der Waals surface area contributed by atoms with E-state index in [-0.39, 0.29) is 5.82 Å². The summed E-state index contributed by atoms with van der Waals surface area (Å²) in [5.41, 5.74) is 6.83. The molecule has 16 heavy (non-hydrogen) atoms. The second kappa shape index (κ2) is 5.30. The summed E-state index contributed by atoms with van der Waals surface area (Å²) in [6, 6.07) is 6.78. The van der Waals surface area contributed by atoms with Crippen molar-refractivity contribution in [3.05, 3.63) is 30.1 Å². The lowest BCUT2D eigenvalue weighted by molar-refractivity contribution is 0.485. The number of halogens is 1. The minimum absolute atomic E-state index is 0.168. The normalized spacial score (nSPS) is 21.9. The number of rotatable bonds is 2. The molecule has 1 fully saturated rings. The third-order valence-corrected chi connectivity index (χ3v) is 3.37. The number of nitrogens with zero attached hydrogens (tertiary/aromatic N) is 1. The molecule has 1 unspecified atom stereocenters. The highest BCUT2D eigenvalue weighted by Gasteiger charge is 2.15. The fraction of sp³-hybridized carbons (Fsp3) is 0.538. The van der Waals surface area contributed by atoms with Crippen LogP contribution in [0.2, 0.25) is 0 Å². The predicted octanol–water partition coefficient (Wildman–Crippen LogP) is 2.39. The highest BCUT2D eigenvalue weighted by molar-refractivity contribution is 5.46. The molecule has 1 aliphatic heterocycles. The van der Waals surface area contributed by atoms with E-state index in [0.717, 1.165) is 31.7 Å². The third-order valence-electron chi connectivity index (χ3n) is 3.37. The summed E-state index contributed by atoms with van der Waals surface area (Å²) < 4.78 is 12.8. The molecule has 0 radical (unpaired) electrons. The van der Waals surface area contributed by atoms with E-state index in [1.54, 1.807) is 0 Å². The first-order valence-electron chi connectivity index (χ1n) is 6.00. The highest BCUT2D eigenvalue weighted by Crippen LogP contribution is 2.22. The molecule has 0 spiro atoms. The maximum absolute atomic E-state index is 12.8. The van der Waals surface area contributed by atoms with E-state index in [0.29, 0.717) is 5.92 Å². The van der Waals surface area contributed by atoms with Crippen molar-refractivity contribution in [1.29, 1.82) is 0 Å². The van der Waals surface area contributed by atoms with Crippen molar-refractivity contribution in [1.82, 2.24) is 0 Å². The summed E-state index contributed by atoms with van der Waals surface area (Å²) in [6.45, 7) is 2.88. The molecule has 3 heteroatoms. The average Bonchev–Trinajstić information content (AvgIpc) is 2.55. The molecule has 1 heterocycles. The quantitative estimate of drug-likeness (QED) is 0.832. The summed E-state index contributed by atoms with van der Waals surface area (Å²) in [5, 5.41) is 0. The Morgan fingerprint density at radius 2 is 1.94 bits per heavy atom. The fourth-order valence-electron chi connectivity index (χ4n) is 2.31. The molecule has 0 aromatic heterocycles. The van der Waals surface area contributed by atoms with Crippen molar-refractivity contribution < 1.29 is 4.39 Å². The summed E-state index contributed by atoms with van der Waals surface area (Å²) in [4.78, 5) is 2.33. The molecule has 0 saturated carbocycles. The minimum Gasteiger partial charge on any atom is -0.372 e. The van der Waals surface area contributed by atoms with Gasteiger partial charge in [-0.25, -0.2) is 4.39 Å². The van der Waals surface area contributed by atoms with Gasteiger partial charge in [-0.05, 0) is 56.0 Å². The Bertz CT molecular complexity index is 323. The maximum Gasteiger partial charge on any atom is 0.123 e. The van der Waals surface area contributed by atoms with Gasteiger partial charge in [-0.1, -0.05) is 0 Å². The lowest BCUT2D eigenvalue weighted by atomic mass is 10.0. The van der Waals surface area contributed by atoms with Crippen LogP contribution in [0.4, 0.5) is 10.1 Å². The van der Waals surface area contributed by atoms with Crippen molar-refractivity contribution in [2.24, 2.45) is 11.7 Å². The zero-order valence-corrected chi connectivity index (χ0v) is 9.53. The lowest BCUT2D eigenvalue weighted by Crippen LogP contribution is -2.24. The van der Waals surface area contributed by atoms with Gasteiger partial charge in [-0.3, -0.25) is 0 Å². The van der Waals surface area contributed by atoms with Gasteiger partial charge < -0.3 is 10.6 Å². The molecule has 2 rings (SSSR count). The Hall–Kier alpha value is -1.09. The van der Waals surface area contributed by atoms with Crippen LogP contribution in [-0.4, -0.2) is 19.6 Å². The van der Waals surface area contributed by atoms with Crippen LogP contribution < -0.4 is 10.6 Å². The van der Waals surface area contributed by atoms with Crippen LogP contribution in [0.3, 0.4) is 0 Å². The SMILES string of the molecule is NCC1CCCN(c2ccc(F)cc2)CC1. The Labute approximate surface area is 96.2 Å². The Morgan fingerprint density at radius 1 is 1.19 bits per heavy atom. The highest BCUT2D eigenvalue weighted by atomic mass is 19.1. The van der Waals surface area contributed by atoms with E-state index >= 15 is 0 Å². The average molecular weight is 222 g/mol. The monoisotopic (exact) mass is 222 g/mol. The van der Waals surface area contributed by atoms with Gasteiger partial charge in [0.1, 0.15) is 5.82 Å². The Balaban J connectivity index is 2.02. The van der Waals surface area contributed by atoms with E-state index in [2.05, 4.69) is 4.90 Å². The fourth-order valence-corrected chi connectivity index (χ4v) is 2.31. The maximum atomic E-state index is 12.8. The first-order valence-corrected chi connectivity index (χ1v) is 6.00. The van der Waals surface area contributed by atoms with Gasteiger partial charge in [0, 0.05) is 18.8 Å². The summed E-state index contributed by atoms with van der Waals surface area (Å²) >= 11 is 0. The largest absolute Gasteiger partial charge is 0.372 e. The molecule has 1 aliphatic rings. The molecule has 1 saturated heterocycles. The number of nitrogens with two attached hydrogens (primary N) is 1. The van der Waals surface area contributed by atoms with Crippen LogP contribution in [0.5, 0.6) is 0 Å². The molecule has 2 N–H and O–H groups in total. The van der Waals surface area contributed by atoms with Crippen molar-refractivity contribution >= 4 is 5.69 Å². The van der Waals surface area contributed by atoms with E-state index in [1.165, 1.54) is 25.0 Å². The van der Waals surface area contributed by atoms with Gasteiger partial charge >= 0.3 is 0 Å². The summed E-state index contributed by atoms with van der Waals surface area (Å²) in [7, 11) is 0. The molecule has 2 nitrogen and oxygen atoms in total. The van der Waals surface area contributed by atoms with Crippen LogP contribution in [-0.2, 0) is 0 Å². The van der Waals surface area contributed by atoms with Crippen LogP contribution in [0.1, 0.15) is 19.3 Å². The van der Waals surface area contributed by atoms with Crippen molar-refractivity contribution in [2.75, 3.05) is 24.5 Å². The second-order valence-corrected chi connectivity index (χ2v) is 4.50. The number of hydrogen-bond acceptors (Lipinski definition) is 2. The molecule has 0 amide bonds. The molecule has 1 aromatic rings. The standard InChI is InChI=1S/C13H19FN2/c14-12-3-5-13(6-4-12)16-8-1-2-11(10-15)7-9-16/h3-6,11H,1-2,7-10,15H2. The van der Waals surface area contributed by atoms with Crippen LogP contribution in [0, 0.1) is 11.7 Å². The molecular weight excluding hydrogens is 203 g/mol. The molecule has 0 bridgehead atoms. The Kier molecular flexibility index (Phi) is 3.78. The van der Waals surface area contributed by atoms with Gasteiger partial charge in [0.05, 0.1) is 0 Å². The summed E-state index contributed by atoms with van der Waals surface area (Å²) in [6.07, 6.45) is 3.54. The molecular formula is C13H19FN2. The van der Waals surface area contributed by atoms with E-state index in [4.69, 9.17) is 5.73 Å². The topological polar surface area (TPSA) is 29.3 Å². The van der Waals surface area contributed by atoms with Crippen LogP contribution >= 0.6 is 0 Å². The van der Waals surface area contributed by atoms with Crippen molar-refractivity contribution in [3.8, 4) is 0 Å². The van der Waals surface area contributed by atoms with Crippen molar-refractivity contribution in [2.45, 2.75) is 19.3 Å². The van der Waals surface area contributed by atoms with Gasteiger partial charge in [-0.2, -0.15) is 0 Å². The number of hydrogen-bond donors (Lipinski definition) is 1. The van der Waals surface area contributed by atoms with Gasteiger partial charge in [-0.15, -0.1) is 0 Å². The number of anilines is 1. The molecule has 1 aromatic carbocycles. The minimum atomic E-state index is -0.168. The molecule has 1 atom stereocenters. The van der Waals surface area contributed by atoms with Crippen LogP contribution in [0.25, 0.3) is 0 Å². The van der Waals surface area contributed by atoms with E-state index < -0.39 is 0 Å². The lowest BCUT2D eigenvalue weighted by Gasteiger charge is -2.22. The smallest absolute Gasteiger partial charge is 0.123 e. The molecule has 0 aliphatic carbocycles. The van der Waals surface area contributed by atoms with E-state index in [1.807, 2.05) is 12.1 Å². The van der Waals surface area contributed by atoms with Crippen LogP contribution in [0.15, 0.2) is 24.3 Å². The zero-order valence-electron chi connectivity index (χ0n) is 9.53. The third kappa shape index (κ3) is 2.73. The van der Waals surface area contributed by atoms with E-state index in [9.17, 15) is 4.39 Å². The first-order chi connectivity index (χ1) is 7.79. The summed E-state index contributed by atoms with van der Waals surface area (Å²) in [5.74, 6) is 0.490. The predicted molar refractivity (Wildman–Crippen MR) is 65.0 cm³/mol. The number of benzene rings is 1. The van der Waals surface area contributed by atoms with Gasteiger partial charge in [0.15, 0.2) is 0 Å². The van der Waals surface area contributed by atoms with Gasteiger partial charge in [0.25, 0.3) is 0 Å². The van der Waals surface area contributed by atoms with Crippen molar-refractivity contribution in [3.63, 3.8) is 0 Å². The molecule has 88 valence electrons. The Morgan fingerprint density at radius 3 is 2.62 bits per heavy atom. The van der Waals surface area contributed by atoms with Gasteiger partial charge in [0.2, 0.25) is 0 Å². The second-order valence-electron chi connectivity index (χ2n) is 4.50. The zero-order chi connectivity index (χ0) is 11.4. The first kappa shape index (κ1) is 11.4.